The monoisotopic (exact) mass is 292 g/mol. The largest absolute Gasteiger partial charge is 0.316 e. The average molecular weight is 292 g/mol. The third-order valence-electron chi connectivity index (χ3n) is 4.73. The summed E-state index contributed by atoms with van der Waals surface area (Å²) in [4.78, 5) is 6.70. The van der Waals surface area contributed by atoms with Gasteiger partial charge >= 0.3 is 0 Å². The van der Waals surface area contributed by atoms with Gasteiger partial charge in [0.15, 0.2) is 0 Å². The first-order chi connectivity index (χ1) is 9.74. The molecule has 0 amide bonds. The molecular formula is C17H28N2S. The number of nitrogens with one attached hydrogen (secondary N) is 1. The molecule has 0 radical (unpaired) electrons. The van der Waals surface area contributed by atoms with Crippen LogP contribution in [0.5, 0.6) is 0 Å². The Hall–Kier alpha value is -0.410. The van der Waals surface area contributed by atoms with Crippen LogP contribution in [0.4, 0.5) is 0 Å². The summed E-state index contributed by atoms with van der Waals surface area (Å²) in [7, 11) is 0. The molecule has 2 aliphatic rings. The standard InChI is InChI=1S/C17H28N2S/c1-12(2)10-18-11-14-8-5-9-15-16(14)19-17(20-15)13-6-3-4-7-13/h12-14,18H,3-11H2,1-2H3. The van der Waals surface area contributed by atoms with Crippen molar-refractivity contribution in [1.29, 1.82) is 0 Å². The van der Waals surface area contributed by atoms with E-state index in [1.807, 2.05) is 11.3 Å². The van der Waals surface area contributed by atoms with E-state index in [0.29, 0.717) is 5.92 Å². The molecule has 2 nitrogen and oxygen atoms in total. The molecular weight excluding hydrogens is 264 g/mol. The lowest BCUT2D eigenvalue weighted by Gasteiger charge is -2.22. The van der Waals surface area contributed by atoms with Gasteiger partial charge in [-0.1, -0.05) is 26.7 Å². The van der Waals surface area contributed by atoms with Gasteiger partial charge in [0.1, 0.15) is 0 Å². The molecule has 0 spiro atoms. The molecule has 112 valence electrons. The van der Waals surface area contributed by atoms with Gasteiger partial charge in [0.2, 0.25) is 0 Å². The van der Waals surface area contributed by atoms with Crippen molar-refractivity contribution in [3.05, 3.63) is 15.6 Å². The Morgan fingerprint density at radius 1 is 1.20 bits per heavy atom. The van der Waals surface area contributed by atoms with Gasteiger partial charge in [-0.25, -0.2) is 4.98 Å². The van der Waals surface area contributed by atoms with Crippen molar-refractivity contribution in [2.45, 2.75) is 70.6 Å². The van der Waals surface area contributed by atoms with Crippen molar-refractivity contribution >= 4 is 11.3 Å². The van der Waals surface area contributed by atoms with Crippen molar-refractivity contribution < 1.29 is 0 Å². The van der Waals surface area contributed by atoms with E-state index in [-0.39, 0.29) is 0 Å². The molecule has 20 heavy (non-hydrogen) atoms. The molecule has 3 rings (SSSR count). The van der Waals surface area contributed by atoms with E-state index in [2.05, 4.69) is 19.2 Å². The molecule has 1 unspecified atom stereocenters. The van der Waals surface area contributed by atoms with Crippen molar-refractivity contribution in [1.82, 2.24) is 10.3 Å². The fourth-order valence-electron chi connectivity index (χ4n) is 3.62. The number of aryl methyl sites for hydroxylation is 1. The van der Waals surface area contributed by atoms with Gasteiger partial charge in [0, 0.05) is 23.3 Å². The Morgan fingerprint density at radius 3 is 2.75 bits per heavy atom. The summed E-state index contributed by atoms with van der Waals surface area (Å²) in [5, 5.41) is 5.10. The molecule has 0 aromatic carbocycles. The van der Waals surface area contributed by atoms with Gasteiger partial charge in [-0.3, -0.25) is 0 Å². The third kappa shape index (κ3) is 3.25. The number of thiazole rings is 1. The lowest BCUT2D eigenvalue weighted by atomic mass is 9.91. The van der Waals surface area contributed by atoms with Gasteiger partial charge in [-0.2, -0.15) is 0 Å². The predicted octanol–water partition coefficient (Wildman–Crippen LogP) is 4.47. The first-order valence-electron chi connectivity index (χ1n) is 8.44. The predicted molar refractivity (Wildman–Crippen MR) is 86.7 cm³/mol. The Balaban J connectivity index is 1.68. The van der Waals surface area contributed by atoms with E-state index in [1.165, 1.54) is 55.6 Å². The van der Waals surface area contributed by atoms with Gasteiger partial charge in [0.05, 0.1) is 10.7 Å². The number of hydrogen-bond acceptors (Lipinski definition) is 3. The molecule has 0 saturated heterocycles. The zero-order chi connectivity index (χ0) is 13.9. The minimum atomic E-state index is 0.670. The normalized spacial score (nSPS) is 23.4. The highest BCUT2D eigenvalue weighted by atomic mass is 32.1. The van der Waals surface area contributed by atoms with Crippen molar-refractivity contribution in [2.24, 2.45) is 5.92 Å². The highest BCUT2D eigenvalue weighted by Crippen LogP contribution is 2.41. The molecule has 1 heterocycles. The minimum Gasteiger partial charge on any atom is -0.316 e. The van der Waals surface area contributed by atoms with Crippen LogP contribution in [-0.4, -0.2) is 18.1 Å². The highest BCUT2D eigenvalue weighted by Gasteiger charge is 2.28. The van der Waals surface area contributed by atoms with Crippen molar-refractivity contribution in [2.75, 3.05) is 13.1 Å². The second kappa shape index (κ2) is 6.57. The van der Waals surface area contributed by atoms with Gasteiger partial charge in [-0.15, -0.1) is 11.3 Å². The summed E-state index contributed by atoms with van der Waals surface area (Å²) in [6, 6.07) is 0. The molecule has 1 aromatic rings. The summed E-state index contributed by atoms with van der Waals surface area (Å²) in [6.07, 6.45) is 9.54. The lowest BCUT2D eigenvalue weighted by Crippen LogP contribution is -2.27. The summed E-state index contributed by atoms with van der Waals surface area (Å²) in [5.41, 5.74) is 1.46. The van der Waals surface area contributed by atoms with E-state index in [1.54, 1.807) is 4.88 Å². The SMILES string of the molecule is CC(C)CNCC1CCCc2sc(C3CCCC3)nc21. The van der Waals surface area contributed by atoms with Crippen molar-refractivity contribution in [3.63, 3.8) is 0 Å². The fourth-order valence-corrected chi connectivity index (χ4v) is 4.98. The smallest absolute Gasteiger partial charge is 0.0962 e. The van der Waals surface area contributed by atoms with Crippen LogP contribution in [0.2, 0.25) is 0 Å². The number of fused-ring (bicyclic) bond motifs is 1. The Morgan fingerprint density at radius 2 is 2.00 bits per heavy atom. The quantitative estimate of drug-likeness (QED) is 0.866. The lowest BCUT2D eigenvalue weighted by molar-refractivity contribution is 0.472. The Labute approximate surface area is 127 Å². The maximum absolute atomic E-state index is 5.09. The molecule has 1 aromatic heterocycles. The maximum Gasteiger partial charge on any atom is 0.0962 e. The first kappa shape index (κ1) is 14.5. The van der Waals surface area contributed by atoms with E-state index in [9.17, 15) is 0 Å². The van der Waals surface area contributed by atoms with E-state index >= 15 is 0 Å². The molecule has 0 bridgehead atoms. The van der Waals surface area contributed by atoms with Crippen LogP contribution < -0.4 is 5.32 Å². The first-order valence-corrected chi connectivity index (χ1v) is 9.26. The van der Waals surface area contributed by atoms with Crippen LogP contribution in [0.1, 0.15) is 79.8 Å². The molecule has 3 heteroatoms. The van der Waals surface area contributed by atoms with Crippen LogP contribution in [-0.2, 0) is 6.42 Å². The number of hydrogen-bond donors (Lipinski definition) is 1. The topological polar surface area (TPSA) is 24.9 Å². The highest BCUT2D eigenvalue weighted by molar-refractivity contribution is 7.11. The molecule has 1 atom stereocenters. The average Bonchev–Trinajstić information content (AvgIpc) is 3.07. The van der Waals surface area contributed by atoms with Crippen LogP contribution in [0.25, 0.3) is 0 Å². The Kier molecular flexibility index (Phi) is 4.77. The number of rotatable bonds is 5. The Bertz CT molecular complexity index is 432. The summed E-state index contributed by atoms with van der Waals surface area (Å²) in [5.74, 6) is 2.20. The minimum absolute atomic E-state index is 0.670. The molecule has 2 aliphatic carbocycles. The summed E-state index contributed by atoms with van der Waals surface area (Å²) in [6.45, 7) is 6.81. The second-order valence-corrected chi connectivity index (χ2v) is 8.10. The molecule has 0 aliphatic heterocycles. The summed E-state index contributed by atoms with van der Waals surface area (Å²) >= 11 is 2.04. The maximum atomic E-state index is 5.09. The molecule has 1 N–H and O–H groups in total. The van der Waals surface area contributed by atoms with E-state index in [4.69, 9.17) is 4.98 Å². The van der Waals surface area contributed by atoms with Crippen LogP contribution in [0, 0.1) is 5.92 Å². The number of nitrogens with zero attached hydrogens (tertiary/aromatic N) is 1. The van der Waals surface area contributed by atoms with E-state index in [0.717, 1.165) is 24.9 Å². The summed E-state index contributed by atoms with van der Waals surface area (Å²) < 4.78 is 0. The second-order valence-electron chi connectivity index (χ2n) is 6.98. The zero-order valence-corrected chi connectivity index (χ0v) is 13.8. The molecule has 1 saturated carbocycles. The van der Waals surface area contributed by atoms with Gasteiger partial charge < -0.3 is 5.32 Å². The van der Waals surface area contributed by atoms with Gasteiger partial charge in [0.25, 0.3) is 0 Å². The molecule has 1 fully saturated rings. The third-order valence-corrected chi connectivity index (χ3v) is 6.03. The van der Waals surface area contributed by atoms with Crippen molar-refractivity contribution in [3.8, 4) is 0 Å². The fraction of sp³-hybridized carbons (Fsp3) is 0.824. The van der Waals surface area contributed by atoms with Crippen LogP contribution in [0.15, 0.2) is 0 Å². The van der Waals surface area contributed by atoms with Crippen LogP contribution in [0.3, 0.4) is 0 Å². The van der Waals surface area contributed by atoms with Crippen LogP contribution >= 0.6 is 11.3 Å². The number of aromatic nitrogens is 1. The van der Waals surface area contributed by atoms with Gasteiger partial charge in [-0.05, 0) is 44.6 Å². The zero-order valence-electron chi connectivity index (χ0n) is 13.0. The van der Waals surface area contributed by atoms with E-state index < -0.39 is 0 Å².